The molecule has 184 valence electrons. The van der Waals surface area contributed by atoms with Crippen molar-refractivity contribution in [2.75, 3.05) is 27.3 Å². The maximum atomic E-state index is 13.5. The van der Waals surface area contributed by atoms with Gasteiger partial charge in [0.05, 0.1) is 26.2 Å². The minimum atomic E-state index is -1.04. The molecule has 0 spiro atoms. The number of allylic oxidation sites excluding steroid dienone is 3. The summed E-state index contributed by atoms with van der Waals surface area (Å²) in [5, 5.41) is 20.9. The van der Waals surface area contributed by atoms with Gasteiger partial charge in [0.2, 0.25) is 5.91 Å². The monoisotopic (exact) mass is 460 g/mol. The third-order valence-electron chi connectivity index (χ3n) is 7.29. The Morgan fingerprint density at radius 1 is 1.18 bits per heavy atom. The van der Waals surface area contributed by atoms with E-state index in [4.69, 9.17) is 15.2 Å². The summed E-state index contributed by atoms with van der Waals surface area (Å²) in [5.74, 6) is 1.59. The number of piperidine rings is 1. The molecule has 6 unspecified atom stereocenters. The number of nitrogens with two attached hydrogens (primary N) is 1. The van der Waals surface area contributed by atoms with E-state index >= 15 is 0 Å². The second-order valence-electron chi connectivity index (χ2n) is 10.1. The van der Waals surface area contributed by atoms with Crippen molar-refractivity contribution in [2.45, 2.75) is 45.9 Å². The minimum absolute atomic E-state index is 0.0262. The molecule has 0 bridgehead atoms. The first kappa shape index (κ1) is 25.5. The Morgan fingerprint density at radius 3 is 2.39 bits per heavy atom. The number of aliphatic hydroxyl groups excluding tert-OH is 2. The number of amides is 1. The number of likely N-dealkylation sites (tertiary alicyclic amines) is 1. The fraction of sp³-hybridized carbons (Fsp3) is 0.654. The van der Waals surface area contributed by atoms with E-state index in [1.807, 2.05) is 23.1 Å². The topological polar surface area (TPSA) is 105 Å². The SMILES string of the molecule is COC1=C[C@@H](O)C(C(CC(=O)N2CC(C)CC(C)C2)[C@@H]2C=CC(C(N)O)=CC2C)C(OC)=C1. The van der Waals surface area contributed by atoms with Gasteiger partial charge < -0.3 is 30.3 Å². The third kappa shape index (κ3) is 5.89. The van der Waals surface area contributed by atoms with E-state index in [1.165, 1.54) is 0 Å². The van der Waals surface area contributed by atoms with Gasteiger partial charge in [-0.3, -0.25) is 4.79 Å². The lowest BCUT2D eigenvalue weighted by Crippen LogP contribution is -2.46. The molecule has 1 aliphatic heterocycles. The highest BCUT2D eigenvalue weighted by molar-refractivity contribution is 5.76. The lowest BCUT2D eigenvalue weighted by molar-refractivity contribution is -0.136. The lowest BCUT2D eigenvalue weighted by atomic mass is 9.68. The van der Waals surface area contributed by atoms with Gasteiger partial charge in [0.15, 0.2) is 0 Å². The van der Waals surface area contributed by atoms with Gasteiger partial charge in [0.1, 0.15) is 17.7 Å². The Kier molecular flexibility index (Phi) is 8.43. The highest BCUT2D eigenvalue weighted by Crippen LogP contribution is 2.43. The highest BCUT2D eigenvalue weighted by Gasteiger charge is 2.42. The van der Waals surface area contributed by atoms with E-state index in [2.05, 4.69) is 20.8 Å². The van der Waals surface area contributed by atoms with Crippen LogP contribution in [0.25, 0.3) is 0 Å². The zero-order valence-electron chi connectivity index (χ0n) is 20.5. The van der Waals surface area contributed by atoms with Crippen molar-refractivity contribution in [3.63, 3.8) is 0 Å². The Hall–Kier alpha value is -2.09. The van der Waals surface area contributed by atoms with Crippen molar-refractivity contribution in [3.05, 3.63) is 47.5 Å². The number of ether oxygens (including phenoxy) is 2. The van der Waals surface area contributed by atoms with Crippen LogP contribution >= 0.6 is 0 Å². The fourth-order valence-corrected chi connectivity index (χ4v) is 5.81. The number of carbonyl (C=O) groups is 1. The van der Waals surface area contributed by atoms with E-state index in [1.54, 1.807) is 26.4 Å². The molecule has 8 atom stereocenters. The molecule has 1 amide bonds. The van der Waals surface area contributed by atoms with Gasteiger partial charge in [-0.2, -0.15) is 0 Å². The molecule has 0 aromatic rings. The molecule has 1 heterocycles. The number of carbonyl (C=O) groups excluding carboxylic acids is 1. The summed E-state index contributed by atoms with van der Waals surface area (Å²) in [6.07, 6.45) is 8.83. The van der Waals surface area contributed by atoms with Crippen LogP contribution in [0.5, 0.6) is 0 Å². The normalized spacial score (nSPS) is 34.1. The number of methoxy groups -OCH3 is 2. The molecule has 0 radical (unpaired) electrons. The summed E-state index contributed by atoms with van der Waals surface area (Å²) >= 11 is 0. The quantitative estimate of drug-likeness (QED) is 0.505. The maximum Gasteiger partial charge on any atom is 0.222 e. The molecule has 3 aliphatic rings. The molecule has 0 aromatic carbocycles. The number of rotatable bonds is 7. The maximum absolute atomic E-state index is 13.5. The van der Waals surface area contributed by atoms with Crippen LogP contribution in [0.15, 0.2) is 47.5 Å². The molecular weight excluding hydrogens is 420 g/mol. The molecular formula is C26H40N2O5. The summed E-state index contributed by atoms with van der Waals surface area (Å²) in [4.78, 5) is 15.5. The molecule has 0 aromatic heterocycles. The van der Waals surface area contributed by atoms with Gasteiger partial charge in [-0.1, -0.05) is 39.0 Å². The number of hydrogen-bond acceptors (Lipinski definition) is 6. The van der Waals surface area contributed by atoms with Crippen molar-refractivity contribution in [2.24, 2.45) is 41.2 Å². The van der Waals surface area contributed by atoms with Crippen LogP contribution in [0.1, 0.15) is 33.6 Å². The van der Waals surface area contributed by atoms with Crippen molar-refractivity contribution < 1.29 is 24.5 Å². The van der Waals surface area contributed by atoms with Gasteiger partial charge in [-0.15, -0.1) is 0 Å². The van der Waals surface area contributed by atoms with E-state index in [0.29, 0.717) is 35.3 Å². The molecule has 7 nitrogen and oxygen atoms in total. The van der Waals surface area contributed by atoms with Crippen molar-refractivity contribution in [1.29, 1.82) is 0 Å². The number of hydrogen-bond donors (Lipinski definition) is 3. The molecule has 7 heteroatoms. The third-order valence-corrected chi connectivity index (χ3v) is 7.29. The summed E-state index contributed by atoms with van der Waals surface area (Å²) in [7, 11) is 3.14. The van der Waals surface area contributed by atoms with Gasteiger partial charge in [0.25, 0.3) is 0 Å². The summed E-state index contributed by atoms with van der Waals surface area (Å²) in [6, 6.07) is 0. The van der Waals surface area contributed by atoms with Crippen LogP contribution < -0.4 is 5.73 Å². The van der Waals surface area contributed by atoms with E-state index < -0.39 is 18.2 Å². The second kappa shape index (κ2) is 10.9. The van der Waals surface area contributed by atoms with Crippen LogP contribution in [0.4, 0.5) is 0 Å². The van der Waals surface area contributed by atoms with Gasteiger partial charge >= 0.3 is 0 Å². The standard InChI is InChI=1S/C26H40N2O5/c1-15-8-16(2)14-28(13-15)24(30)12-21(20-7-6-18(26(27)31)9-17(20)3)25-22(29)10-19(32-4)11-23(25)33-5/h6-7,9-11,15-17,20-22,25-26,29,31H,8,12-14,27H2,1-5H3/t15?,16?,17?,20-,21?,22-,25?,26?/m1/s1. The van der Waals surface area contributed by atoms with Crippen molar-refractivity contribution in [1.82, 2.24) is 4.90 Å². The Bertz CT molecular complexity index is 821. The number of nitrogens with zero attached hydrogens (tertiary/aromatic N) is 1. The smallest absolute Gasteiger partial charge is 0.222 e. The minimum Gasteiger partial charge on any atom is -0.501 e. The Morgan fingerprint density at radius 2 is 1.85 bits per heavy atom. The van der Waals surface area contributed by atoms with Gasteiger partial charge in [-0.25, -0.2) is 0 Å². The summed E-state index contributed by atoms with van der Waals surface area (Å²) in [6.45, 7) is 7.97. The molecule has 1 fully saturated rings. The first-order valence-electron chi connectivity index (χ1n) is 11.9. The zero-order chi connectivity index (χ0) is 24.3. The molecule has 3 rings (SSSR count). The molecule has 2 aliphatic carbocycles. The zero-order valence-corrected chi connectivity index (χ0v) is 20.5. The molecule has 4 N–H and O–H groups in total. The highest BCUT2D eigenvalue weighted by atomic mass is 16.5. The van der Waals surface area contributed by atoms with Crippen LogP contribution in [-0.2, 0) is 14.3 Å². The first-order valence-corrected chi connectivity index (χ1v) is 11.9. The van der Waals surface area contributed by atoms with E-state index in [-0.39, 0.29) is 23.7 Å². The largest absolute Gasteiger partial charge is 0.501 e. The molecule has 33 heavy (non-hydrogen) atoms. The van der Waals surface area contributed by atoms with Gasteiger partial charge in [0, 0.05) is 25.6 Å². The summed E-state index contributed by atoms with van der Waals surface area (Å²) in [5.41, 5.74) is 6.34. The molecule has 1 saturated heterocycles. The summed E-state index contributed by atoms with van der Waals surface area (Å²) < 4.78 is 11.0. The van der Waals surface area contributed by atoms with Crippen LogP contribution in [0.2, 0.25) is 0 Å². The van der Waals surface area contributed by atoms with Crippen LogP contribution in [0.3, 0.4) is 0 Å². The average molecular weight is 461 g/mol. The van der Waals surface area contributed by atoms with E-state index in [0.717, 1.165) is 19.5 Å². The van der Waals surface area contributed by atoms with Crippen molar-refractivity contribution in [3.8, 4) is 0 Å². The Balaban J connectivity index is 1.92. The van der Waals surface area contributed by atoms with Crippen LogP contribution in [0, 0.1) is 35.5 Å². The van der Waals surface area contributed by atoms with Crippen LogP contribution in [-0.4, -0.2) is 60.7 Å². The molecule has 0 saturated carbocycles. The Labute approximate surface area is 197 Å². The van der Waals surface area contributed by atoms with Crippen molar-refractivity contribution >= 4 is 5.91 Å². The first-order chi connectivity index (χ1) is 15.6. The number of aliphatic hydroxyl groups is 2. The van der Waals surface area contributed by atoms with Gasteiger partial charge in [-0.05, 0) is 47.7 Å². The lowest BCUT2D eigenvalue weighted by Gasteiger charge is -2.41. The van der Waals surface area contributed by atoms with E-state index in [9.17, 15) is 15.0 Å². The predicted molar refractivity (Wildman–Crippen MR) is 127 cm³/mol. The predicted octanol–water partition coefficient (Wildman–Crippen LogP) is 2.57. The fourth-order valence-electron chi connectivity index (χ4n) is 5.81. The average Bonchev–Trinajstić information content (AvgIpc) is 2.76. The second-order valence-corrected chi connectivity index (χ2v) is 10.1.